The number of hydrogen-bond acceptors (Lipinski definition) is 4. The van der Waals surface area contributed by atoms with E-state index in [4.69, 9.17) is 0 Å². The van der Waals surface area contributed by atoms with Crippen LogP contribution in [0.4, 0.5) is 3.89 Å². The van der Waals surface area contributed by atoms with Crippen LogP contribution < -0.4 is 0 Å². The second-order valence-electron chi connectivity index (χ2n) is 5.82. The highest BCUT2D eigenvalue weighted by molar-refractivity contribution is 7.86. The molecule has 2 fully saturated rings. The summed E-state index contributed by atoms with van der Waals surface area (Å²) in [5.41, 5.74) is 0. The van der Waals surface area contributed by atoms with Crippen molar-refractivity contribution >= 4 is 16.1 Å². The van der Waals surface area contributed by atoms with E-state index in [1.54, 1.807) is 4.90 Å². The van der Waals surface area contributed by atoms with E-state index in [0.29, 0.717) is 19.0 Å². The fourth-order valence-corrected chi connectivity index (χ4v) is 3.77. The molecule has 110 valence electrons. The molecule has 5 nitrogen and oxygen atoms in total. The highest BCUT2D eigenvalue weighted by Gasteiger charge is 2.34. The van der Waals surface area contributed by atoms with Crippen LogP contribution in [0.3, 0.4) is 0 Å². The van der Waals surface area contributed by atoms with Gasteiger partial charge in [-0.15, -0.1) is 3.89 Å². The molecule has 0 saturated carbocycles. The smallest absolute Gasteiger partial charge is 0.302 e. The summed E-state index contributed by atoms with van der Waals surface area (Å²) in [5.74, 6) is -0.454. The van der Waals surface area contributed by atoms with Gasteiger partial charge in [-0.3, -0.25) is 4.79 Å². The molecule has 1 amide bonds. The predicted molar refractivity (Wildman–Crippen MR) is 69.8 cm³/mol. The average molecular weight is 292 g/mol. The normalized spacial score (nSPS) is 27.2. The highest BCUT2D eigenvalue weighted by atomic mass is 32.3. The molecule has 2 heterocycles. The van der Waals surface area contributed by atoms with Gasteiger partial charge in [0.05, 0.1) is 5.75 Å². The monoisotopic (exact) mass is 292 g/mol. The van der Waals surface area contributed by atoms with Crippen molar-refractivity contribution in [3.63, 3.8) is 0 Å². The molecule has 2 rings (SSSR count). The Morgan fingerprint density at radius 1 is 1.26 bits per heavy atom. The molecule has 0 aliphatic carbocycles. The molecule has 0 bridgehead atoms. The molecule has 0 aromatic heterocycles. The van der Waals surface area contributed by atoms with Gasteiger partial charge in [-0.1, -0.05) is 0 Å². The Hall–Kier alpha value is -0.690. The van der Waals surface area contributed by atoms with E-state index in [1.807, 2.05) is 0 Å². The van der Waals surface area contributed by atoms with Crippen LogP contribution in [0.5, 0.6) is 0 Å². The Balaban J connectivity index is 1.83. The molecule has 19 heavy (non-hydrogen) atoms. The van der Waals surface area contributed by atoms with Crippen LogP contribution in [-0.2, 0) is 15.0 Å². The molecular weight excluding hydrogens is 271 g/mol. The van der Waals surface area contributed by atoms with Crippen LogP contribution in [0.15, 0.2) is 0 Å². The van der Waals surface area contributed by atoms with Crippen molar-refractivity contribution in [3.8, 4) is 0 Å². The van der Waals surface area contributed by atoms with E-state index in [0.717, 1.165) is 25.9 Å². The number of carbonyl (C=O) groups excluding carboxylic acids is 1. The molecule has 2 aliphatic rings. The minimum Gasteiger partial charge on any atom is -0.342 e. The maximum atomic E-state index is 12.6. The number of likely N-dealkylation sites (tertiary alicyclic amines) is 2. The third-order valence-electron chi connectivity index (χ3n) is 4.05. The quantitative estimate of drug-likeness (QED) is 0.707. The maximum Gasteiger partial charge on any atom is 0.302 e. The molecule has 0 spiro atoms. The number of hydrogen-bond donors (Lipinski definition) is 0. The van der Waals surface area contributed by atoms with Gasteiger partial charge in [-0.25, -0.2) is 0 Å². The lowest BCUT2D eigenvalue weighted by Crippen LogP contribution is -2.37. The molecule has 0 N–H and O–H groups in total. The van der Waals surface area contributed by atoms with Crippen LogP contribution in [0.1, 0.15) is 19.3 Å². The maximum absolute atomic E-state index is 12.6. The van der Waals surface area contributed by atoms with E-state index in [-0.39, 0.29) is 18.2 Å². The summed E-state index contributed by atoms with van der Waals surface area (Å²) in [5, 5.41) is 0. The summed E-state index contributed by atoms with van der Waals surface area (Å²) in [7, 11) is -2.40. The second kappa shape index (κ2) is 5.75. The van der Waals surface area contributed by atoms with Crippen molar-refractivity contribution in [1.29, 1.82) is 0 Å². The largest absolute Gasteiger partial charge is 0.342 e. The summed E-state index contributed by atoms with van der Waals surface area (Å²) in [4.78, 5) is 15.8. The Morgan fingerprint density at radius 2 is 1.89 bits per heavy atom. The fraction of sp³-hybridized carbons (Fsp3) is 0.917. The molecule has 7 heteroatoms. The Bertz CT molecular complexity index is 432. The van der Waals surface area contributed by atoms with E-state index < -0.39 is 16.0 Å². The molecule has 0 aromatic rings. The first kappa shape index (κ1) is 14.7. The minimum atomic E-state index is -4.48. The third-order valence-corrected chi connectivity index (χ3v) is 4.92. The van der Waals surface area contributed by atoms with Crippen molar-refractivity contribution in [2.24, 2.45) is 11.8 Å². The van der Waals surface area contributed by atoms with E-state index >= 15 is 0 Å². The Kier molecular flexibility index (Phi) is 4.45. The van der Waals surface area contributed by atoms with Gasteiger partial charge in [-0.2, -0.15) is 8.42 Å². The Labute approximate surface area is 114 Å². The van der Waals surface area contributed by atoms with Crippen LogP contribution >= 0.6 is 0 Å². The van der Waals surface area contributed by atoms with Gasteiger partial charge in [0.15, 0.2) is 0 Å². The van der Waals surface area contributed by atoms with Crippen LogP contribution in [-0.4, -0.2) is 63.1 Å². The highest BCUT2D eigenvalue weighted by Crippen LogP contribution is 2.24. The molecule has 1 atom stereocenters. The molecule has 0 radical (unpaired) electrons. The van der Waals surface area contributed by atoms with Crippen LogP contribution in [0.25, 0.3) is 0 Å². The summed E-state index contributed by atoms with van der Waals surface area (Å²) in [6.07, 6.45) is 2.29. The van der Waals surface area contributed by atoms with Gasteiger partial charge in [0, 0.05) is 25.4 Å². The molecular formula is C12H21FN2O3S. The summed E-state index contributed by atoms with van der Waals surface area (Å²) >= 11 is 0. The number of nitrogens with zero attached hydrogens (tertiary/aromatic N) is 2. The standard InChI is InChI=1S/C12H21FN2O3S/c1-14-4-2-10(3-5-14)7-15-8-11(6-12(15)16)9-19(13,17)18/h10-11H,2-9H2,1H3. The Morgan fingerprint density at radius 3 is 2.47 bits per heavy atom. The molecule has 0 aromatic carbocycles. The van der Waals surface area contributed by atoms with Gasteiger partial charge < -0.3 is 9.80 Å². The van der Waals surface area contributed by atoms with Crippen molar-refractivity contribution in [3.05, 3.63) is 0 Å². The number of piperidine rings is 1. The first-order valence-corrected chi connectivity index (χ1v) is 8.27. The second-order valence-corrected chi connectivity index (χ2v) is 7.23. The van der Waals surface area contributed by atoms with Gasteiger partial charge >= 0.3 is 10.2 Å². The lowest BCUT2D eigenvalue weighted by molar-refractivity contribution is -0.128. The predicted octanol–water partition coefficient (Wildman–Crippen LogP) is 0.476. The lowest BCUT2D eigenvalue weighted by Gasteiger charge is -2.31. The van der Waals surface area contributed by atoms with E-state index in [1.165, 1.54) is 0 Å². The molecule has 1 unspecified atom stereocenters. The zero-order valence-electron chi connectivity index (χ0n) is 11.2. The minimum absolute atomic E-state index is 0.0346. The van der Waals surface area contributed by atoms with E-state index in [2.05, 4.69) is 11.9 Å². The zero-order chi connectivity index (χ0) is 14.0. The first-order chi connectivity index (χ1) is 8.83. The topological polar surface area (TPSA) is 57.7 Å². The van der Waals surface area contributed by atoms with Crippen molar-refractivity contribution in [1.82, 2.24) is 9.80 Å². The van der Waals surface area contributed by atoms with E-state index in [9.17, 15) is 17.1 Å². The van der Waals surface area contributed by atoms with Crippen LogP contribution in [0.2, 0.25) is 0 Å². The van der Waals surface area contributed by atoms with Gasteiger partial charge in [0.1, 0.15) is 0 Å². The number of carbonyl (C=O) groups is 1. The fourth-order valence-electron chi connectivity index (χ4n) is 2.98. The lowest BCUT2D eigenvalue weighted by atomic mass is 9.97. The third kappa shape index (κ3) is 4.42. The average Bonchev–Trinajstić information content (AvgIpc) is 2.60. The van der Waals surface area contributed by atoms with Crippen LogP contribution in [0, 0.1) is 11.8 Å². The van der Waals surface area contributed by atoms with Gasteiger partial charge in [0.2, 0.25) is 5.91 Å². The molecule has 2 aliphatic heterocycles. The summed E-state index contributed by atoms with van der Waals surface area (Å²) < 4.78 is 33.9. The first-order valence-electron chi connectivity index (χ1n) is 6.72. The molecule has 2 saturated heterocycles. The number of halogens is 1. The SMILES string of the molecule is CN1CCC(CN2CC(CS(=O)(=O)F)CC2=O)CC1. The number of amides is 1. The van der Waals surface area contributed by atoms with Gasteiger partial charge in [-0.05, 0) is 38.9 Å². The van der Waals surface area contributed by atoms with Crippen molar-refractivity contribution in [2.45, 2.75) is 19.3 Å². The number of rotatable bonds is 4. The van der Waals surface area contributed by atoms with Crippen molar-refractivity contribution in [2.75, 3.05) is 39.0 Å². The summed E-state index contributed by atoms with van der Waals surface area (Å²) in [6.45, 7) is 3.15. The summed E-state index contributed by atoms with van der Waals surface area (Å²) in [6, 6.07) is 0. The zero-order valence-corrected chi connectivity index (χ0v) is 12.0. The van der Waals surface area contributed by atoms with Crippen molar-refractivity contribution < 1.29 is 17.1 Å². The van der Waals surface area contributed by atoms with Gasteiger partial charge in [0.25, 0.3) is 0 Å².